The Morgan fingerprint density at radius 2 is 2.10 bits per heavy atom. The minimum Gasteiger partial charge on any atom is -0.441 e. The van der Waals surface area contributed by atoms with Crippen LogP contribution in [0, 0.1) is 20.9 Å². The highest BCUT2D eigenvalue weighted by Gasteiger charge is 2.13. The highest BCUT2D eigenvalue weighted by atomic mass is 16.4. The summed E-state index contributed by atoms with van der Waals surface area (Å²) in [5.41, 5.74) is 3.87. The van der Waals surface area contributed by atoms with E-state index in [4.69, 9.17) is 11.5 Å². The second-order valence-electron chi connectivity index (χ2n) is 5.08. The molecule has 0 atom stereocenters. The molecule has 20 heavy (non-hydrogen) atoms. The number of imidazole rings is 1. The number of fused-ring (bicyclic) bond motifs is 1. The molecule has 0 saturated heterocycles. The molecule has 102 valence electrons. The van der Waals surface area contributed by atoms with Gasteiger partial charge in [0, 0.05) is 12.0 Å². The summed E-state index contributed by atoms with van der Waals surface area (Å²) in [5.74, 6) is 2.32. The number of hydrogen-bond acceptors (Lipinski definition) is 3. The Morgan fingerprint density at radius 3 is 2.75 bits per heavy atom. The molecule has 4 heteroatoms. The monoisotopic (exact) mass is 267 g/mol. The topological polar surface area (TPSA) is 43.9 Å². The van der Waals surface area contributed by atoms with Crippen LogP contribution < -0.4 is 0 Å². The fourth-order valence-corrected chi connectivity index (χ4v) is 2.42. The largest absolute Gasteiger partial charge is 0.441 e. The summed E-state index contributed by atoms with van der Waals surface area (Å²) in [6.45, 7) is 6.03. The minimum atomic E-state index is 0.616. The molecular formula is C16H17N3O. The molecule has 1 aromatic carbocycles. The van der Waals surface area contributed by atoms with Gasteiger partial charge in [-0.05, 0) is 38.0 Å². The van der Waals surface area contributed by atoms with Crippen LogP contribution in [0.3, 0.4) is 0 Å². The van der Waals surface area contributed by atoms with Gasteiger partial charge in [-0.1, -0.05) is 6.92 Å². The van der Waals surface area contributed by atoms with Gasteiger partial charge in [-0.3, -0.25) is 0 Å². The molecule has 3 rings (SSSR count). The summed E-state index contributed by atoms with van der Waals surface area (Å²) in [6.07, 6.45) is 3.61. The van der Waals surface area contributed by atoms with E-state index in [-0.39, 0.29) is 0 Å². The zero-order valence-electron chi connectivity index (χ0n) is 12.0. The van der Waals surface area contributed by atoms with Crippen molar-refractivity contribution in [2.24, 2.45) is 0 Å². The first kappa shape index (κ1) is 12.9. The van der Waals surface area contributed by atoms with Crippen LogP contribution in [0.25, 0.3) is 22.5 Å². The third-order valence-corrected chi connectivity index (χ3v) is 3.40. The quantitative estimate of drug-likeness (QED) is 0.725. The molecule has 0 N–H and O–H groups in total. The number of aryl methyl sites for hydroxylation is 3. The van der Waals surface area contributed by atoms with Crippen molar-refractivity contribution in [1.82, 2.24) is 14.5 Å². The number of hydrogen-bond donors (Lipinski definition) is 0. The average molecular weight is 267 g/mol. The normalized spacial score (nSPS) is 11.4. The Bertz CT molecular complexity index is 767. The maximum atomic E-state index is 6.15. The molecular weight excluding hydrogens is 250 g/mol. The molecule has 0 aliphatic rings. The number of rotatable bonds is 3. The Labute approximate surface area is 118 Å². The molecule has 0 fully saturated rings. The van der Waals surface area contributed by atoms with Crippen LogP contribution >= 0.6 is 0 Å². The Balaban J connectivity index is 2.20. The van der Waals surface area contributed by atoms with E-state index in [1.54, 1.807) is 10.8 Å². The zero-order chi connectivity index (χ0) is 14.3. The first-order valence-corrected chi connectivity index (χ1v) is 6.80. The highest BCUT2D eigenvalue weighted by molar-refractivity contribution is 5.84. The third-order valence-electron chi connectivity index (χ3n) is 3.40. The van der Waals surface area contributed by atoms with Crippen molar-refractivity contribution in [1.29, 1.82) is 0 Å². The zero-order valence-corrected chi connectivity index (χ0v) is 12.0. The van der Waals surface area contributed by atoms with Gasteiger partial charge >= 0.3 is 0 Å². The van der Waals surface area contributed by atoms with E-state index >= 15 is 0 Å². The van der Waals surface area contributed by atoms with Gasteiger partial charge in [0.2, 0.25) is 5.89 Å². The van der Waals surface area contributed by atoms with E-state index < -0.39 is 0 Å². The minimum absolute atomic E-state index is 0.616. The maximum Gasteiger partial charge on any atom is 0.226 e. The lowest BCUT2D eigenvalue weighted by Crippen LogP contribution is -1.94. The van der Waals surface area contributed by atoms with Crippen molar-refractivity contribution in [3.8, 4) is 11.5 Å². The average Bonchev–Trinajstić information content (AvgIpc) is 2.97. The van der Waals surface area contributed by atoms with E-state index in [1.165, 1.54) is 0 Å². The summed E-state index contributed by atoms with van der Waals surface area (Å²) in [4.78, 5) is 8.90. The second-order valence-corrected chi connectivity index (χ2v) is 5.08. The fourth-order valence-electron chi connectivity index (χ4n) is 2.42. The molecule has 0 amide bonds. The standard InChI is InChI=1S/C16H17N3O/c1-5-6-14-18-15-10(2)7-12(8-13(15)19(14)4)16-17-9-11(3)20-16/h4,7-9H,5-6H2,1-3H3. The number of aromatic nitrogens is 3. The van der Waals surface area contributed by atoms with Crippen molar-refractivity contribution in [2.75, 3.05) is 0 Å². The van der Waals surface area contributed by atoms with Gasteiger partial charge in [-0.25, -0.2) is 9.97 Å². The number of nitrogens with zero attached hydrogens (tertiary/aromatic N) is 3. The van der Waals surface area contributed by atoms with Gasteiger partial charge < -0.3 is 8.98 Å². The Kier molecular flexibility index (Phi) is 3.08. The highest BCUT2D eigenvalue weighted by Crippen LogP contribution is 2.27. The van der Waals surface area contributed by atoms with Crippen molar-refractivity contribution in [3.05, 3.63) is 42.5 Å². The van der Waals surface area contributed by atoms with Crippen LogP contribution in [-0.4, -0.2) is 14.5 Å². The SMILES string of the molecule is [CH]n1c(CCC)nc2c(C)cc(-c3ncc(C)o3)cc21. The molecule has 0 aliphatic heterocycles. The molecule has 0 saturated carbocycles. The lowest BCUT2D eigenvalue weighted by Gasteiger charge is -2.02. The Morgan fingerprint density at radius 1 is 1.30 bits per heavy atom. The summed E-state index contributed by atoms with van der Waals surface area (Å²) >= 11 is 0. The van der Waals surface area contributed by atoms with Gasteiger partial charge in [0.1, 0.15) is 11.6 Å². The lowest BCUT2D eigenvalue weighted by atomic mass is 10.1. The van der Waals surface area contributed by atoms with Crippen LogP contribution in [0.15, 0.2) is 22.7 Å². The predicted octanol–water partition coefficient (Wildman–Crippen LogP) is 3.78. The van der Waals surface area contributed by atoms with Crippen LogP contribution in [0.5, 0.6) is 0 Å². The van der Waals surface area contributed by atoms with Gasteiger partial charge in [0.05, 0.1) is 24.3 Å². The molecule has 0 unspecified atom stereocenters. The summed E-state index contributed by atoms with van der Waals surface area (Å²) in [7, 11) is 6.15. The van der Waals surface area contributed by atoms with E-state index in [0.29, 0.717) is 5.89 Å². The predicted molar refractivity (Wildman–Crippen MR) is 78.4 cm³/mol. The van der Waals surface area contributed by atoms with Crippen LogP contribution in [0.1, 0.15) is 30.5 Å². The number of benzene rings is 1. The molecule has 0 spiro atoms. The van der Waals surface area contributed by atoms with Crippen molar-refractivity contribution in [2.45, 2.75) is 33.6 Å². The first-order valence-electron chi connectivity index (χ1n) is 6.80. The molecule has 4 nitrogen and oxygen atoms in total. The van der Waals surface area contributed by atoms with Crippen molar-refractivity contribution >= 4 is 11.0 Å². The van der Waals surface area contributed by atoms with Gasteiger partial charge in [0.15, 0.2) is 0 Å². The molecule has 0 aliphatic carbocycles. The van der Waals surface area contributed by atoms with Crippen LogP contribution in [-0.2, 0) is 6.42 Å². The van der Waals surface area contributed by atoms with Crippen LogP contribution in [0.2, 0.25) is 0 Å². The third kappa shape index (κ3) is 2.01. The number of oxazole rings is 1. The molecule has 2 heterocycles. The summed E-state index contributed by atoms with van der Waals surface area (Å²) in [6, 6.07) is 4.02. The van der Waals surface area contributed by atoms with Crippen molar-refractivity contribution < 1.29 is 4.42 Å². The molecule has 0 bridgehead atoms. The molecule has 2 radical (unpaired) electrons. The maximum absolute atomic E-state index is 6.15. The molecule has 3 aromatic rings. The smallest absolute Gasteiger partial charge is 0.226 e. The van der Waals surface area contributed by atoms with Crippen LogP contribution in [0.4, 0.5) is 0 Å². The van der Waals surface area contributed by atoms with Gasteiger partial charge in [-0.15, -0.1) is 0 Å². The van der Waals surface area contributed by atoms with E-state index in [2.05, 4.69) is 16.9 Å². The van der Waals surface area contributed by atoms with Gasteiger partial charge in [-0.2, -0.15) is 0 Å². The van der Waals surface area contributed by atoms with E-state index in [9.17, 15) is 0 Å². The van der Waals surface area contributed by atoms with E-state index in [0.717, 1.165) is 46.6 Å². The lowest BCUT2D eigenvalue weighted by molar-refractivity contribution is 0.542. The Hall–Kier alpha value is -2.10. The van der Waals surface area contributed by atoms with E-state index in [1.807, 2.05) is 26.0 Å². The summed E-state index contributed by atoms with van der Waals surface area (Å²) in [5, 5.41) is 0. The molecule has 2 aromatic heterocycles. The fraction of sp³-hybridized carbons (Fsp3) is 0.312. The first-order chi connectivity index (χ1) is 9.60. The second kappa shape index (κ2) is 4.78. The van der Waals surface area contributed by atoms with Crippen molar-refractivity contribution in [3.63, 3.8) is 0 Å². The van der Waals surface area contributed by atoms with Gasteiger partial charge in [0.25, 0.3) is 0 Å². The summed E-state index contributed by atoms with van der Waals surface area (Å²) < 4.78 is 7.26.